The summed E-state index contributed by atoms with van der Waals surface area (Å²) >= 11 is 1.39. The molecule has 0 aliphatic heterocycles. The lowest BCUT2D eigenvalue weighted by Gasteiger charge is -2.22. The second-order valence-corrected chi connectivity index (χ2v) is 7.15. The highest BCUT2D eigenvalue weighted by Crippen LogP contribution is 2.32. The van der Waals surface area contributed by atoms with Crippen molar-refractivity contribution < 1.29 is 4.79 Å². The maximum absolute atomic E-state index is 12.3. The van der Waals surface area contributed by atoms with Gasteiger partial charge in [-0.05, 0) is 36.8 Å². The van der Waals surface area contributed by atoms with Crippen molar-refractivity contribution in [2.45, 2.75) is 50.1 Å². The number of aryl methyl sites for hydroxylation is 1. The number of carbonyl (C=O) groups excluding carboxylic acids is 1. The Labute approximate surface area is 141 Å². The molecule has 1 fully saturated rings. The number of carbonyl (C=O) groups is 1. The van der Waals surface area contributed by atoms with E-state index < -0.39 is 0 Å². The zero-order chi connectivity index (χ0) is 16.1. The van der Waals surface area contributed by atoms with Gasteiger partial charge < -0.3 is 0 Å². The Hall–Kier alpha value is -1.68. The summed E-state index contributed by atoms with van der Waals surface area (Å²) in [6.07, 6.45) is 10.2. The van der Waals surface area contributed by atoms with Crippen molar-refractivity contribution in [3.63, 3.8) is 0 Å². The summed E-state index contributed by atoms with van der Waals surface area (Å²) in [7, 11) is 0. The topological polar surface area (TPSA) is 42.9 Å². The van der Waals surface area contributed by atoms with E-state index in [1.165, 1.54) is 49.4 Å². The molecule has 1 aliphatic rings. The number of hydrogen-bond acceptors (Lipinski definition) is 4. The third kappa shape index (κ3) is 4.41. The molecule has 1 aromatic heterocycles. The molecule has 1 heterocycles. The van der Waals surface area contributed by atoms with Crippen molar-refractivity contribution in [3.05, 3.63) is 53.3 Å². The molecule has 23 heavy (non-hydrogen) atoms. The number of Topliss-reactive ketones (excluding diaryl/α,β-unsaturated/α-hetero) is 1. The van der Waals surface area contributed by atoms with Crippen LogP contribution in [-0.4, -0.2) is 21.5 Å². The summed E-state index contributed by atoms with van der Waals surface area (Å²) in [6.45, 7) is 1.95. The van der Waals surface area contributed by atoms with Crippen LogP contribution in [-0.2, 0) is 0 Å². The number of thioether (sulfide) groups is 1. The first-order valence-electron chi connectivity index (χ1n) is 8.27. The van der Waals surface area contributed by atoms with Crippen molar-refractivity contribution >= 4 is 17.5 Å². The first-order valence-corrected chi connectivity index (χ1v) is 9.25. The van der Waals surface area contributed by atoms with Gasteiger partial charge in [0, 0.05) is 18.0 Å². The molecule has 2 aromatic rings. The fourth-order valence-electron chi connectivity index (χ4n) is 3.05. The van der Waals surface area contributed by atoms with E-state index in [-0.39, 0.29) is 5.78 Å². The number of benzene rings is 1. The molecular weight excluding hydrogens is 304 g/mol. The van der Waals surface area contributed by atoms with Crippen molar-refractivity contribution in [1.29, 1.82) is 0 Å². The second-order valence-electron chi connectivity index (χ2n) is 6.21. The summed E-state index contributed by atoms with van der Waals surface area (Å²) < 4.78 is 0. The van der Waals surface area contributed by atoms with Gasteiger partial charge in [-0.25, -0.2) is 9.97 Å². The Morgan fingerprint density at radius 2 is 1.74 bits per heavy atom. The molecule has 0 saturated heterocycles. The van der Waals surface area contributed by atoms with Crippen LogP contribution < -0.4 is 0 Å². The van der Waals surface area contributed by atoms with Gasteiger partial charge in [-0.1, -0.05) is 55.3 Å². The molecule has 3 rings (SSSR count). The maximum Gasteiger partial charge on any atom is 0.187 e. The zero-order valence-electron chi connectivity index (χ0n) is 13.5. The Morgan fingerprint density at radius 1 is 1.09 bits per heavy atom. The lowest BCUT2D eigenvalue weighted by molar-refractivity contribution is 0.102. The molecule has 0 unspecified atom stereocenters. The summed E-state index contributed by atoms with van der Waals surface area (Å²) in [5.74, 6) is 1.20. The Kier molecular flexibility index (Phi) is 5.44. The molecule has 0 atom stereocenters. The molecule has 0 amide bonds. The molecule has 120 valence electrons. The molecule has 0 radical (unpaired) electrons. The highest BCUT2D eigenvalue weighted by molar-refractivity contribution is 7.99. The summed E-state index contributed by atoms with van der Waals surface area (Å²) in [4.78, 5) is 20.7. The van der Waals surface area contributed by atoms with Crippen molar-refractivity contribution in [2.75, 3.05) is 5.75 Å². The molecule has 3 nitrogen and oxygen atoms in total. The Balaban J connectivity index is 1.57. The average molecular weight is 326 g/mol. The van der Waals surface area contributed by atoms with Gasteiger partial charge >= 0.3 is 0 Å². The molecule has 0 spiro atoms. The largest absolute Gasteiger partial charge is 0.293 e. The number of aromatic nitrogens is 2. The number of nitrogens with zero attached hydrogens (tertiary/aromatic N) is 2. The minimum atomic E-state index is 0.134. The normalized spacial score (nSPS) is 15.5. The van der Waals surface area contributed by atoms with Crippen LogP contribution in [0.25, 0.3) is 0 Å². The van der Waals surface area contributed by atoms with Crippen LogP contribution in [0.5, 0.6) is 0 Å². The quantitative estimate of drug-likeness (QED) is 0.449. The van der Waals surface area contributed by atoms with Gasteiger partial charge in [0.1, 0.15) is 0 Å². The van der Waals surface area contributed by atoms with Gasteiger partial charge in [0.15, 0.2) is 10.9 Å². The van der Waals surface area contributed by atoms with Crippen LogP contribution in [0.1, 0.15) is 59.5 Å². The number of hydrogen-bond donors (Lipinski definition) is 0. The maximum atomic E-state index is 12.3. The molecule has 4 heteroatoms. The molecular formula is C19H22N2OS. The average Bonchev–Trinajstić information content (AvgIpc) is 2.62. The molecule has 1 saturated carbocycles. The van der Waals surface area contributed by atoms with E-state index in [2.05, 4.69) is 22.1 Å². The Morgan fingerprint density at radius 3 is 2.39 bits per heavy atom. The van der Waals surface area contributed by atoms with E-state index in [1.54, 1.807) is 12.4 Å². The highest BCUT2D eigenvalue weighted by atomic mass is 32.2. The number of rotatable bonds is 5. The van der Waals surface area contributed by atoms with E-state index >= 15 is 0 Å². The van der Waals surface area contributed by atoms with Crippen LogP contribution in [0.15, 0.2) is 41.8 Å². The monoisotopic (exact) mass is 326 g/mol. The minimum absolute atomic E-state index is 0.134. The van der Waals surface area contributed by atoms with E-state index in [0.717, 1.165) is 11.1 Å². The summed E-state index contributed by atoms with van der Waals surface area (Å²) in [6, 6.07) is 8.22. The van der Waals surface area contributed by atoms with Gasteiger partial charge in [0.2, 0.25) is 0 Å². The Bertz CT molecular complexity index is 646. The van der Waals surface area contributed by atoms with Crippen molar-refractivity contribution in [2.24, 2.45) is 0 Å². The third-order valence-corrected chi connectivity index (χ3v) is 5.27. The molecule has 0 bridgehead atoms. The van der Waals surface area contributed by atoms with Crippen molar-refractivity contribution in [1.82, 2.24) is 9.97 Å². The first kappa shape index (κ1) is 16.2. The van der Waals surface area contributed by atoms with Crippen LogP contribution >= 0.6 is 11.8 Å². The molecule has 0 N–H and O–H groups in total. The van der Waals surface area contributed by atoms with Gasteiger partial charge in [-0.2, -0.15) is 0 Å². The molecule has 1 aromatic carbocycles. The van der Waals surface area contributed by atoms with Crippen LogP contribution in [0.2, 0.25) is 0 Å². The predicted molar refractivity (Wildman–Crippen MR) is 94.1 cm³/mol. The summed E-state index contributed by atoms with van der Waals surface area (Å²) in [5, 5.41) is 0.655. The fourth-order valence-corrected chi connectivity index (χ4v) is 3.73. The van der Waals surface area contributed by atoms with Crippen LogP contribution in [0, 0.1) is 6.92 Å². The van der Waals surface area contributed by atoms with Crippen molar-refractivity contribution in [3.8, 4) is 0 Å². The lowest BCUT2D eigenvalue weighted by atomic mass is 9.84. The second kappa shape index (κ2) is 7.73. The van der Waals surface area contributed by atoms with Crippen LogP contribution in [0.4, 0.5) is 0 Å². The third-order valence-electron chi connectivity index (χ3n) is 4.40. The van der Waals surface area contributed by atoms with Gasteiger partial charge in [-0.15, -0.1) is 0 Å². The minimum Gasteiger partial charge on any atom is -0.293 e. The predicted octanol–water partition coefficient (Wildman–Crippen LogP) is 4.81. The van der Waals surface area contributed by atoms with E-state index in [0.29, 0.717) is 16.8 Å². The van der Waals surface area contributed by atoms with E-state index in [1.807, 2.05) is 19.1 Å². The zero-order valence-corrected chi connectivity index (χ0v) is 14.3. The SMILES string of the molecule is Cc1cnc(SCC(=O)c2ccc(C3CCCCC3)cc2)nc1. The van der Waals surface area contributed by atoms with Gasteiger partial charge in [-0.3, -0.25) is 4.79 Å². The first-order chi connectivity index (χ1) is 11.2. The highest BCUT2D eigenvalue weighted by Gasteiger charge is 2.16. The fraction of sp³-hybridized carbons (Fsp3) is 0.421. The smallest absolute Gasteiger partial charge is 0.187 e. The van der Waals surface area contributed by atoms with E-state index in [9.17, 15) is 4.79 Å². The standard InChI is InChI=1S/C19H22N2OS/c1-14-11-20-19(21-12-14)23-13-18(22)17-9-7-16(8-10-17)15-5-3-2-4-6-15/h7-12,15H,2-6,13H2,1H3. The van der Waals surface area contributed by atoms with E-state index in [4.69, 9.17) is 0 Å². The van der Waals surface area contributed by atoms with Gasteiger partial charge in [0.05, 0.1) is 5.75 Å². The van der Waals surface area contributed by atoms with Crippen LogP contribution in [0.3, 0.4) is 0 Å². The lowest BCUT2D eigenvalue weighted by Crippen LogP contribution is -2.06. The molecule has 1 aliphatic carbocycles. The van der Waals surface area contributed by atoms with Gasteiger partial charge in [0.25, 0.3) is 0 Å². The summed E-state index contributed by atoms with van der Waals surface area (Å²) in [5.41, 5.74) is 3.19. The number of ketones is 1.